The molecule has 0 aromatic carbocycles. The van der Waals surface area contributed by atoms with E-state index in [4.69, 9.17) is 37.0 Å². The third-order valence-corrected chi connectivity index (χ3v) is 23.6. The maximum atomic E-state index is 13.2. The third kappa shape index (κ3) is 79.3. The van der Waals surface area contributed by atoms with Crippen LogP contribution in [0.25, 0.3) is 0 Å². The number of phosphoric ester groups is 2. The van der Waals surface area contributed by atoms with Crippen LogP contribution < -0.4 is 0 Å². The lowest BCUT2D eigenvalue weighted by atomic mass is 9.99. The van der Waals surface area contributed by atoms with Crippen LogP contribution in [0.15, 0.2) is 0 Å². The molecule has 0 saturated heterocycles. The summed E-state index contributed by atoms with van der Waals surface area (Å²) < 4.78 is 68.9. The third-order valence-electron chi connectivity index (χ3n) is 21.7. The zero-order valence-corrected chi connectivity index (χ0v) is 73.0. The van der Waals surface area contributed by atoms with Crippen LogP contribution in [0.5, 0.6) is 0 Å². The number of carbonyl (C=O) groups is 4. The quantitative estimate of drug-likeness (QED) is 0.0222. The van der Waals surface area contributed by atoms with E-state index in [9.17, 15) is 43.2 Å². The molecule has 0 radical (unpaired) electrons. The molecule has 17 nitrogen and oxygen atoms in total. The van der Waals surface area contributed by atoms with Crippen LogP contribution in [0.4, 0.5) is 0 Å². The number of rotatable bonds is 88. The molecule has 0 rings (SSSR count). The van der Waals surface area contributed by atoms with E-state index < -0.39 is 97.5 Å². The Hall–Kier alpha value is -1.94. The van der Waals surface area contributed by atoms with Gasteiger partial charge in [0.25, 0.3) is 0 Å². The molecule has 3 N–H and O–H groups in total. The molecule has 642 valence electrons. The fraction of sp³-hybridized carbons (Fsp3) is 0.955. The number of hydrogen-bond acceptors (Lipinski definition) is 15. The molecule has 0 heterocycles. The predicted molar refractivity (Wildman–Crippen MR) is 446 cm³/mol. The molecule has 0 spiro atoms. The van der Waals surface area contributed by atoms with Gasteiger partial charge in [-0.05, 0) is 37.5 Å². The molecule has 0 aliphatic heterocycles. The molecular weight excluding hydrogens is 1400 g/mol. The molecule has 0 amide bonds. The number of esters is 4. The first kappa shape index (κ1) is 106. The van der Waals surface area contributed by atoms with E-state index in [1.54, 1.807) is 0 Å². The zero-order chi connectivity index (χ0) is 79.2. The lowest BCUT2D eigenvalue weighted by Gasteiger charge is -2.21. The molecule has 7 atom stereocenters. The monoisotopic (exact) mass is 1580 g/mol. The molecule has 108 heavy (non-hydrogen) atoms. The number of aliphatic hydroxyl groups is 1. The number of ether oxygens (including phenoxy) is 4. The normalized spacial score (nSPS) is 14.3. The fourth-order valence-electron chi connectivity index (χ4n) is 13.9. The van der Waals surface area contributed by atoms with E-state index in [1.807, 2.05) is 0 Å². The van der Waals surface area contributed by atoms with Crippen LogP contribution in [0.1, 0.15) is 478 Å². The number of aliphatic hydroxyl groups excluding tert-OH is 1. The van der Waals surface area contributed by atoms with Gasteiger partial charge in [-0.15, -0.1) is 0 Å². The number of phosphoric acid groups is 2. The van der Waals surface area contributed by atoms with E-state index in [0.29, 0.717) is 25.7 Å². The first-order valence-electron chi connectivity index (χ1n) is 46.1. The molecule has 0 aliphatic rings. The predicted octanol–water partition coefficient (Wildman–Crippen LogP) is 27.4. The Morgan fingerprint density at radius 1 is 0.259 bits per heavy atom. The lowest BCUT2D eigenvalue weighted by molar-refractivity contribution is -0.161. The van der Waals surface area contributed by atoms with E-state index >= 15 is 0 Å². The highest BCUT2D eigenvalue weighted by molar-refractivity contribution is 7.47. The fourth-order valence-corrected chi connectivity index (χ4v) is 15.5. The van der Waals surface area contributed by atoms with Crippen LogP contribution in [0.2, 0.25) is 0 Å². The average molecular weight is 1580 g/mol. The van der Waals surface area contributed by atoms with Crippen molar-refractivity contribution in [2.75, 3.05) is 39.6 Å². The minimum Gasteiger partial charge on any atom is -0.462 e. The summed E-state index contributed by atoms with van der Waals surface area (Å²) in [4.78, 5) is 73.3. The van der Waals surface area contributed by atoms with Crippen LogP contribution in [-0.2, 0) is 65.4 Å². The summed E-state index contributed by atoms with van der Waals surface area (Å²) in [5.74, 6) is -0.353. The molecule has 0 bridgehead atoms. The van der Waals surface area contributed by atoms with E-state index in [-0.39, 0.29) is 25.7 Å². The highest BCUT2D eigenvalue weighted by atomic mass is 31.2. The van der Waals surface area contributed by atoms with E-state index in [0.717, 1.165) is 102 Å². The summed E-state index contributed by atoms with van der Waals surface area (Å²) >= 11 is 0. The first-order chi connectivity index (χ1) is 52.4. The highest BCUT2D eigenvalue weighted by Crippen LogP contribution is 2.45. The Morgan fingerprint density at radius 2 is 0.444 bits per heavy atom. The van der Waals surface area contributed by atoms with Gasteiger partial charge in [0.05, 0.1) is 26.4 Å². The van der Waals surface area contributed by atoms with Crippen molar-refractivity contribution in [2.24, 2.45) is 11.8 Å². The average Bonchev–Trinajstić information content (AvgIpc) is 0.899. The Balaban J connectivity index is 5.20. The number of carbonyl (C=O) groups excluding carboxylic acids is 4. The molecule has 19 heteroatoms. The van der Waals surface area contributed by atoms with Gasteiger partial charge in [-0.2, -0.15) is 0 Å². The standard InChI is InChI=1S/C89H174O17P2/c1-7-11-13-15-17-19-21-22-37-43-49-55-61-67-73-88(93)105-84(77-99-86(91)71-65-59-53-47-20-18-16-14-12-8-2)79-103-107(95,96)101-75-83(90)76-102-108(97,98)104-80-85(106-89(94)74-68-62-56-50-44-39-34-30-26-24-28-32-36-41-46-52-58-64-70-82(6)10-4)78-100-87(92)72-66-60-54-48-42-38-33-29-25-23-27-31-35-40-45-51-57-63-69-81(5)9-3/h81-85,90H,7-80H2,1-6H3,(H,95,96)(H,97,98)/t81?,82?,83-,84+,85+/m0/s1. The second-order valence-corrected chi connectivity index (χ2v) is 35.4. The Morgan fingerprint density at radius 3 is 0.657 bits per heavy atom. The number of unbranched alkanes of at least 4 members (excludes halogenated alkanes) is 56. The topological polar surface area (TPSA) is 237 Å². The molecule has 4 unspecified atom stereocenters. The van der Waals surface area contributed by atoms with Crippen LogP contribution in [0.3, 0.4) is 0 Å². The van der Waals surface area contributed by atoms with Gasteiger partial charge in [0, 0.05) is 25.7 Å². The highest BCUT2D eigenvalue weighted by Gasteiger charge is 2.31. The lowest BCUT2D eigenvalue weighted by Crippen LogP contribution is -2.30. The maximum Gasteiger partial charge on any atom is 0.472 e. The zero-order valence-electron chi connectivity index (χ0n) is 71.2. The van der Waals surface area contributed by atoms with Crippen molar-refractivity contribution in [1.82, 2.24) is 0 Å². The van der Waals surface area contributed by atoms with Crippen molar-refractivity contribution < 1.29 is 80.2 Å². The summed E-state index contributed by atoms with van der Waals surface area (Å²) in [5, 5.41) is 10.7. The molecular formula is C89H174O17P2. The van der Waals surface area contributed by atoms with E-state index in [2.05, 4.69) is 41.5 Å². The largest absolute Gasteiger partial charge is 0.472 e. The molecule has 0 aliphatic carbocycles. The van der Waals surface area contributed by atoms with Gasteiger partial charge in [0.15, 0.2) is 12.2 Å². The second kappa shape index (κ2) is 80.3. The molecule has 0 aromatic heterocycles. The van der Waals surface area contributed by atoms with Crippen molar-refractivity contribution in [3.63, 3.8) is 0 Å². The van der Waals surface area contributed by atoms with Crippen molar-refractivity contribution in [3.05, 3.63) is 0 Å². The van der Waals surface area contributed by atoms with Crippen molar-refractivity contribution in [2.45, 2.75) is 496 Å². The number of hydrogen-bond donors (Lipinski definition) is 3. The minimum atomic E-state index is -4.97. The summed E-state index contributed by atoms with van der Waals surface area (Å²) in [6.07, 6.45) is 73.5. The SMILES string of the molecule is CCCCCCCCCCCCCCCCC(=O)O[C@H](COC(=O)CCCCCCCCCCCC)COP(=O)(O)OC[C@H](O)COP(=O)(O)OC[C@@H](COC(=O)CCCCCCCCCCCCCCCCCCCCC(C)CC)OC(=O)CCCCCCCCCCCCCCCCCCCCC(C)CC. The summed E-state index contributed by atoms with van der Waals surface area (Å²) in [5.41, 5.74) is 0. The molecule has 0 fully saturated rings. The van der Waals surface area contributed by atoms with Crippen LogP contribution >= 0.6 is 15.6 Å². The van der Waals surface area contributed by atoms with E-state index in [1.165, 1.54) is 295 Å². The van der Waals surface area contributed by atoms with Gasteiger partial charge < -0.3 is 33.8 Å². The van der Waals surface area contributed by atoms with Crippen molar-refractivity contribution >= 4 is 39.5 Å². The first-order valence-corrected chi connectivity index (χ1v) is 49.1. The van der Waals surface area contributed by atoms with Gasteiger partial charge in [-0.1, -0.05) is 427 Å². The van der Waals surface area contributed by atoms with Crippen LogP contribution in [-0.4, -0.2) is 96.7 Å². The maximum absolute atomic E-state index is 13.2. The van der Waals surface area contributed by atoms with Gasteiger partial charge in [-0.25, -0.2) is 9.13 Å². The Labute approximate surface area is 664 Å². The van der Waals surface area contributed by atoms with Gasteiger partial charge in [-0.3, -0.25) is 37.3 Å². The smallest absolute Gasteiger partial charge is 0.462 e. The van der Waals surface area contributed by atoms with Gasteiger partial charge in [0.1, 0.15) is 19.3 Å². The summed E-state index contributed by atoms with van der Waals surface area (Å²) in [6.45, 7) is 9.82. The van der Waals surface area contributed by atoms with Gasteiger partial charge >= 0.3 is 39.5 Å². The summed E-state index contributed by atoms with van der Waals surface area (Å²) in [6, 6.07) is 0. The molecule has 0 saturated carbocycles. The minimum absolute atomic E-state index is 0.108. The Kier molecular flexibility index (Phi) is 78.8. The van der Waals surface area contributed by atoms with Crippen molar-refractivity contribution in [1.29, 1.82) is 0 Å². The molecule has 0 aromatic rings. The van der Waals surface area contributed by atoms with Gasteiger partial charge in [0.2, 0.25) is 0 Å². The Bertz CT molecular complexity index is 2070. The van der Waals surface area contributed by atoms with Crippen molar-refractivity contribution in [3.8, 4) is 0 Å². The summed E-state index contributed by atoms with van der Waals surface area (Å²) in [7, 11) is -9.93. The second-order valence-electron chi connectivity index (χ2n) is 32.5. The van der Waals surface area contributed by atoms with Crippen LogP contribution in [0, 0.1) is 11.8 Å².